The summed E-state index contributed by atoms with van der Waals surface area (Å²) in [7, 11) is 1.42. The topological polar surface area (TPSA) is 125 Å². The molecule has 10 nitrogen and oxygen atoms in total. The van der Waals surface area contributed by atoms with E-state index in [-0.39, 0.29) is 23.0 Å². The highest BCUT2D eigenvalue weighted by Gasteiger charge is 2.15. The molecule has 0 spiro atoms. The minimum Gasteiger partial charge on any atom is -0.495 e. The van der Waals surface area contributed by atoms with Gasteiger partial charge in [-0.3, -0.25) is 14.9 Å². The van der Waals surface area contributed by atoms with E-state index in [9.17, 15) is 14.9 Å². The smallest absolute Gasteiger partial charge is 0.271 e. The molecule has 1 N–H and O–H groups in total. The molecule has 0 aliphatic rings. The Kier molecular flexibility index (Phi) is 5.84. The Labute approximate surface area is 164 Å². The third-order valence-electron chi connectivity index (χ3n) is 3.72. The second-order valence-electron chi connectivity index (χ2n) is 5.69. The SMILES string of the molecule is COc1ccc([N+](=O)[O-])cc1NC(=O)CSc1nnnn1-c1ccc(C)cc1. The maximum absolute atomic E-state index is 12.3. The monoisotopic (exact) mass is 400 g/mol. The Morgan fingerprint density at radius 1 is 1.29 bits per heavy atom. The number of methoxy groups -OCH3 is 1. The summed E-state index contributed by atoms with van der Waals surface area (Å²) < 4.78 is 6.67. The third kappa shape index (κ3) is 4.43. The molecule has 144 valence electrons. The first-order valence-electron chi connectivity index (χ1n) is 8.08. The first kappa shape index (κ1) is 19.3. The second-order valence-corrected chi connectivity index (χ2v) is 6.63. The zero-order valence-corrected chi connectivity index (χ0v) is 15.8. The van der Waals surface area contributed by atoms with Gasteiger partial charge >= 0.3 is 0 Å². The third-order valence-corrected chi connectivity index (χ3v) is 4.64. The predicted octanol–water partition coefficient (Wildman–Crippen LogP) is 2.62. The maximum Gasteiger partial charge on any atom is 0.271 e. The Morgan fingerprint density at radius 3 is 2.71 bits per heavy atom. The molecular weight excluding hydrogens is 384 g/mol. The number of ether oxygens (including phenoxy) is 1. The number of amides is 1. The molecular formula is C17H16N6O4S. The van der Waals surface area contributed by atoms with E-state index >= 15 is 0 Å². The van der Waals surface area contributed by atoms with Crippen LogP contribution in [0.2, 0.25) is 0 Å². The molecule has 0 aliphatic carbocycles. The number of anilines is 1. The van der Waals surface area contributed by atoms with Crippen LogP contribution in [0, 0.1) is 17.0 Å². The van der Waals surface area contributed by atoms with Crippen LogP contribution >= 0.6 is 11.8 Å². The van der Waals surface area contributed by atoms with Crippen molar-refractivity contribution in [3.8, 4) is 11.4 Å². The number of aryl methyl sites for hydroxylation is 1. The number of benzene rings is 2. The molecule has 0 bridgehead atoms. The fraction of sp³-hybridized carbons (Fsp3) is 0.176. The largest absolute Gasteiger partial charge is 0.495 e. The predicted molar refractivity (Wildman–Crippen MR) is 103 cm³/mol. The normalized spacial score (nSPS) is 10.5. The number of carbonyl (C=O) groups is 1. The number of non-ortho nitro benzene ring substituents is 1. The highest BCUT2D eigenvalue weighted by molar-refractivity contribution is 7.99. The van der Waals surface area contributed by atoms with E-state index in [4.69, 9.17) is 4.74 Å². The number of thioether (sulfide) groups is 1. The van der Waals surface area contributed by atoms with E-state index in [1.165, 1.54) is 30.0 Å². The Morgan fingerprint density at radius 2 is 2.04 bits per heavy atom. The van der Waals surface area contributed by atoms with E-state index in [0.29, 0.717) is 10.9 Å². The van der Waals surface area contributed by atoms with Crippen LogP contribution < -0.4 is 10.1 Å². The van der Waals surface area contributed by atoms with Crippen molar-refractivity contribution in [3.05, 3.63) is 58.1 Å². The summed E-state index contributed by atoms with van der Waals surface area (Å²) in [5, 5.41) is 25.5. The molecule has 0 saturated carbocycles. The van der Waals surface area contributed by atoms with E-state index in [0.717, 1.165) is 23.0 Å². The van der Waals surface area contributed by atoms with Crippen LogP contribution in [0.15, 0.2) is 47.6 Å². The number of nitrogens with one attached hydrogen (secondary N) is 1. The molecule has 0 fully saturated rings. The number of hydrogen-bond donors (Lipinski definition) is 1. The Balaban J connectivity index is 1.69. The molecule has 1 heterocycles. The van der Waals surface area contributed by atoms with Crippen molar-refractivity contribution < 1.29 is 14.5 Å². The van der Waals surface area contributed by atoms with Gasteiger partial charge in [0.1, 0.15) is 5.75 Å². The van der Waals surface area contributed by atoms with Gasteiger partial charge in [0.2, 0.25) is 11.1 Å². The molecule has 11 heteroatoms. The van der Waals surface area contributed by atoms with Crippen LogP contribution in [0.1, 0.15) is 5.56 Å². The summed E-state index contributed by atoms with van der Waals surface area (Å²) in [6.07, 6.45) is 0. The van der Waals surface area contributed by atoms with Gasteiger partial charge in [0.15, 0.2) is 0 Å². The van der Waals surface area contributed by atoms with Gasteiger partial charge in [-0.05, 0) is 35.5 Å². The van der Waals surface area contributed by atoms with Crippen molar-refractivity contribution in [2.24, 2.45) is 0 Å². The number of hydrogen-bond acceptors (Lipinski definition) is 8. The first-order chi connectivity index (χ1) is 13.5. The highest BCUT2D eigenvalue weighted by Crippen LogP contribution is 2.29. The average Bonchev–Trinajstić information content (AvgIpc) is 3.15. The van der Waals surface area contributed by atoms with Crippen molar-refractivity contribution >= 4 is 29.0 Å². The summed E-state index contributed by atoms with van der Waals surface area (Å²) in [5.41, 5.74) is 1.96. The molecule has 0 radical (unpaired) electrons. The van der Waals surface area contributed by atoms with Crippen molar-refractivity contribution in [3.63, 3.8) is 0 Å². The van der Waals surface area contributed by atoms with E-state index in [1.807, 2.05) is 31.2 Å². The molecule has 3 aromatic rings. The van der Waals surface area contributed by atoms with Gasteiger partial charge < -0.3 is 10.1 Å². The summed E-state index contributed by atoms with van der Waals surface area (Å²) in [5.74, 6) is -0.0337. The van der Waals surface area contributed by atoms with E-state index in [2.05, 4.69) is 20.8 Å². The van der Waals surface area contributed by atoms with Gasteiger partial charge in [-0.15, -0.1) is 5.10 Å². The van der Waals surface area contributed by atoms with Crippen LogP contribution in [0.3, 0.4) is 0 Å². The van der Waals surface area contributed by atoms with Gasteiger partial charge in [-0.2, -0.15) is 4.68 Å². The Bertz CT molecular complexity index is 1010. The molecule has 0 aliphatic heterocycles. The standard InChI is InChI=1S/C17H16N6O4S/c1-11-3-5-12(6-4-11)22-17(19-20-21-22)28-10-16(24)18-14-9-13(23(25)26)7-8-15(14)27-2/h3-9H,10H2,1-2H3,(H,18,24). The average molecular weight is 400 g/mol. The van der Waals surface area contributed by atoms with Crippen molar-refractivity contribution in [1.29, 1.82) is 0 Å². The zero-order valence-electron chi connectivity index (χ0n) is 15.0. The minimum absolute atomic E-state index is 0.0120. The van der Waals surface area contributed by atoms with Crippen molar-refractivity contribution in [1.82, 2.24) is 20.2 Å². The fourth-order valence-corrected chi connectivity index (χ4v) is 3.03. The number of carbonyl (C=O) groups excluding carboxylic acids is 1. The summed E-state index contributed by atoms with van der Waals surface area (Å²) in [6, 6.07) is 11.6. The molecule has 0 unspecified atom stereocenters. The molecule has 28 heavy (non-hydrogen) atoms. The highest BCUT2D eigenvalue weighted by atomic mass is 32.2. The van der Waals surface area contributed by atoms with Crippen LogP contribution in [-0.4, -0.2) is 43.9 Å². The second kappa shape index (κ2) is 8.48. The lowest BCUT2D eigenvalue weighted by Gasteiger charge is -2.10. The molecule has 1 aromatic heterocycles. The summed E-state index contributed by atoms with van der Waals surface area (Å²) >= 11 is 1.14. The quantitative estimate of drug-likeness (QED) is 0.364. The Hall–Kier alpha value is -3.47. The number of rotatable bonds is 7. The summed E-state index contributed by atoms with van der Waals surface area (Å²) in [4.78, 5) is 22.7. The van der Waals surface area contributed by atoms with E-state index < -0.39 is 4.92 Å². The van der Waals surface area contributed by atoms with Crippen LogP contribution in [0.4, 0.5) is 11.4 Å². The minimum atomic E-state index is -0.542. The molecule has 2 aromatic carbocycles. The lowest BCUT2D eigenvalue weighted by atomic mass is 10.2. The van der Waals surface area contributed by atoms with Gasteiger partial charge in [-0.25, -0.2) is 0 Å². The van der Waals surface area contributed by atoms with Crippen LogP contribution in [-0.2, 0) is 4.79 Å². The van der Waals surface area contributed by atoms with Crippen LogP contribution in [0.25, 0.3) is 5.69 Å². The van der Waals surface area contributed by atoms with Gasteiger partial charge in [0.05, 0.1) is 29.2 Å². The summed E-state index contributed by atoms with van der Waals surface area (Å²) in [6.45, 7) is 1.98. The van der Waals surface area contributed by atoms with E-state index in [1.54, 1.807) is 0 Å². The van der Waals surface area contributed by atoms with Gasteiger partial charge in [0.25, 0.3) is 5.69 Å². The lowest BCUT2D eigenvalue weighted by molar-refractivity contribution is -0.384. The fourth-order valence-electron chi connectivity index (χ4n) is 2.34. The van der Waals surface area contributed by atoms with Crippen molar-refractivity contribution in [2.45, 2.75) is 12.1 Å². The molecule has 1 amide bonds. The number of nitro groups is 1. The molecule has 0 atom stereocenters. The first-order valence-corrected chi connectivity index (χ1v) is 9.07. The molecule has 0 saturated heterocycles. The number of nitro benzene ring substituents is 1. The number of aromatic nitrogens is 4. The number of nitrogens with zero attached hydrogens (tertiary/aromatic N) is 5. The van der Waals surface area contributed by atoms with Crippen LogP contribution in [0.5, 0.6) is 5.75 Å². The van der Waals surface area contributed by atoms with Gasteiger partial charge in [-0.1, -0.05) is 29.5 Å². The zero-order chi connectivity index (χ0) is 20.1. The maximum atomic E-state index is 12.3. The lowest BCUT2D eigenvalue weighted by Crippen LogP contribution is -2.15. The molecule has 3 rings (SSSR count). The number of tetrazole rings is 1. The van der Waals surface area contributed by atoms with Gasteiger partial charge in [0, 0.05) is 12.1 Å². The van der Waals surface area contributed by atoms with Crippen molar-refractivity contribution in [2.75, 3.05) is 18.2 Å².